The van der Waals surface area contributed by atoms with Gasteiger partial charge in [0.2, 0.25) is 0 Å². The molecule has 0 atom stereocenters. The van der Waals surface area contributed by atoms with E-state index in [0.29, 0.717) is 12.1 Å². The molecule has 0 N–H and O–H groups in total. The van der Waals surface area contributed by atoms with Crippen molar-refractivity contribution < 1.29 is 9.53 Å². The number of likely N-dealkylation sites (N-methyl/N-ethyl adjacent to an activating group) is 1. The fraction of sp³-hybridized carbons (Fsp3) is 0.364. The summed E-state index contributed by atoms with van der Waals surface area (Å²) in [6.07, 6.45) is 0. The number of hydrogen-bond donors (Lipinski definition) is 0. The average molecular weight is 398 g/mol. The van der Waals surface area contributed by atoms with Crippen molar-refractivity contribution in [2.75, 3.05) is 38.2 Å². The van der Waals surface area contributed by atoms with Crippen LogP contribution in [0, 0.1) is 6.92 Å². The molecule has 0 unspecified atom stereocenters. The zero-order valence-electron chi connectivity index (χ0n) is 16.9. The van der Waals surface area contributed by atoms with Crippen molar-refractivity contribution in [2.45, 2.75) is 20.8 Å². The standard InChI is InChI=1S/C22H27N3O2S/c1-5-24(6-2)14-15-25(21(26)17-10-12-18(27-4)13-11-17)22-23-20-16(3)8-7-9-19(20)28-22/h7-13H,5-6,14-15H2,1-4H3. The van der Waals surface area contributed by atoms with E-state index >= 15 is 0 Å². The van der Waals surface area contributed by atoms with Crippen LogP contribution in [-0.4, -0.2) is 49.1 Å². The highest BCUT2D eigenvalue weighted by molar-refractivity contribution is 7.22. The van der Waals surface area contributed by atoms with Crippen molar-refractivity contribution >= 4 is 32.6 Å². The summed E-state index contributed by atoms with van der Waals surface area (Å²) in [6, 6.07) is 13.4. The highest BCUT2D eigenvalue weighted by Gasteiger charge is 2.22. The van der Waals surface area contributed by atoms with E-state index in [9.17, 15) is 4.79 Å². The number of hydrogen-bond acceptors (Lipinski definition) is 5. The van der Waals surface area contributed by atoms with Crippen LogP contribution < -0.4 is 9.64 Å². The Kier molecular flexibility index (Phi) is 6.65. The molecule has 0 saturated carbocycles. The largest absolute Gasteiger partial charge is 0.497 e. The molecule has 1 aromatic heterocycles. The molecule has 0 saturated heterocycles. The second-order valence-electron chi connectivity index (χ2n) is 6.63. The van der Waals surface area contributed by atoms with Gasteiger partial charge in [0.05, 0.1) is 17.3 Å². The van der Waals surface area contributed by atoms with Crippen molar-refractivity contribution in [1.29, 1.82) is 0 Å². The van der Waals surface area contributed by atoms with Crippen LogP contribution in [-0.2, 0) is 0 Å². The van der Waals surface area contributed by atoms with E-state index in [1.807, 2.05) is 35.2 Å². The maximum absolute atomic E-state index is 13.3. The van der Waals surface area contributed by atoms with E-state index in [-0.39, 0.29) is 5.91 Å². The van der Waals surface area contributed by atoms with Crippen LogP contribution in [0.15, 0.2) is 42.5 Å². The number of para-hydroxylation sites is 1. The summed E-state index contributed by atoms with van der Waals surface area (Å²) in [7, 11) is 1.62. The molecule has 2 aromatic carbocycles. The number of thiazole rings is 1. The second-order valence-corrected chi connectivity index (χ2v) is 7.64. The molecule has 0 bridgehead atoms. The van der Waals surface area contributed by atoms with Gasteiger partial charge in [0, 0.05) is 18.7 Å². The number of carbonyl (C=O) groups is 1. The molecule has 148 valence electrons. The molecule has 0 spiro atoms. The Labute approximate surface area is 170 Å². The summed E-state index contributed by atoms with van der Waals surface area (Å²) in [6.45, 7) is 9.66. The fourth-order valence-corrected chi connectivity index (χ4v) is 4.21. The fourth-order valence-electron chi connectivity index (χ4n) is 3.14. The number of benzene rings is 2. The Morgan fingerprint density at radius 1 is 1.07 bits per heavy atom. The summed E-state index contributed by atoms with van der Waals surface area (Å²) < 4.78 is 6.32. The summed E-state index contributed by atoms with van der Waals surface area (Å²) in [5.74, 6) is 0.702. The number of aromatic nitrogens is 1. The molecule has 28 heavy (non-hydrogen) atoms. The van der Waals surface area contributed by atoms with E-state index < -0.39 is 0 Å². The van der Waals surface area contributed by atoms with Gasteiger partial charge in [0.25, 0.3) is 5.91 Å². The normalized spacial score (nSPS) is 11.2. The molecular weight excluding hydrogens is 370 g/mol. The van der Waals surface area contributed by atoms with Crippen LogP contribution in [0.3, 0.4) is 0 Å². The Balaban J connectivity index is 1.95. The van der Waals surface area contributed by atoms with E-state index in [4.69, 9.17) is 9.72 Å². The van der Waals surface area contributed by atoms with Crippen molar-refractivity contribution in [2.24, 2.45) is 0 Å². The number of amides is 1. The third kappa shape index (κ3) is 4.34. The Morgan fingerprint density at radius 2 is 1.79 bits per heavy atom. The van der Waals surface area contributed by atoms with Gasteiger partial charge in [-0.05, 0) is 55.9 Å². The minimum absolute atomic E-state index is 0.0356. The first-order valence-electron chi connectivity index (χ1n) is 9.61. The lowest BCUT2D eigenvalue weighted by atomic mass is 10.2. The zero-order chi connectivity index (χ0) is 20.1. The molecule has 3 aromatic rings. The summed E-state index contributed by atoms with van der Waals surface area (Å²) in [5.41, 5.74) is 2.73. The third-order valence-corrected chi connectivity index (χ3v) is 6.00. The Hall–Kier alpha value is -2.44. The lowest BCUT2D eigenvalue weighted by Crippen LogP contribution is -2.38. The number of aryl methyl sites for hydroxylation is 1. The van der Waals surface area contributed by atoms with E-state index in [1.54, 1.807) is 18.4 Å². The number of ether oxygens (including phenoxy) is 1. The van der Waals surface area contributed by atoms with Crippen molar-refractivity contribution in [3.8, 4) is 5.75 Å². The lowest BCUT2D eigenvalue weighted by Gasteiger charge is -2.24. The van der Waals surface area contributed by atoms with E-state index in [1.165, 1.54) is 0 Å². The van der Waals surface area contributed by atoms with Gasteiger partial charge in [0.15, 0.2) is 5.13 Å². The van der Waals surface area contributed by atoms with E-state index in [0.717, 1.165) is 46.3 Å². The molecule has 1 amide bonds. The predicted molar refractivity (Wildman–Crippen MR) is 117 cm³/mol. The number of carbonyl (C=O) groups excluding carboxylic acids is 1. The smallest absolute Gasteiger partial charge is 0.260 e. The first-order chi connectivity index (χ1) is 13.6. The van der Waals surface area contributed by atoms with Gasteiger partial charge in [-0.1, -0.05) is 37.3 Å². The number of methoxy groups -OCH3 is 1. The van der Waals surface area contributed by atoms with Gasteiger partial charge in [-0.2, -0.15) is 0 Å². The number of nitrogens with zero attached hydrogens (tertiary/aromatic N) is 3. The quantitative estimate of drug-likeness (QED) is 0.557. The van der Waals surface area contributed by atoms with Crippen LogP contribution in [0.5, 0.6) is 5.75 Å². The molecule has 0 fully saturated rings. The molecule has 0 aliphatic rings. The van der Waals surface area contributed by atoms with Crippen molar-refractivity contribution in [3.63, 3.8) is 0 Å². The summed E-state index contributed by atoms with van der Waals surface area (Å²) in [4.78, 5) is 22.3. The minimum Gasteiger partial charge on any atom is -0.497 e. The average Bonchev–Trinajstić information content (AvgIpc) is 3.16. The predicted octanol–water partition coefficient (Wildman–Crippen LogP) is 4.60. The van der Waals surface area contributed by atoms with Crippen LogP contribution >= 0.6 is 11.3 Å². The van der Waals surface area contributed by atoms with Crippen LogP contribution in [0.1, 0.15) is 29.8 Å². The highest BCUT2D eigenvalue weighted by Crippen LogP contribution is 2.31. The summed E-state index contributed by atoms with van der Waals surface area (Å²) in [5, 5.41) is 0.747. The van der Waals surface area contributed by atoms with Gasteiger partial charge in [-0.15, -0.1) is 0 Å². The van der Waals surface area contributed by atoms with Crippen LogP contribution in [0.25, 0.3) is 10.2 Å². The Morgan fingerprint density at radius 3 is 2.39 bits per heavy atom. The van der Waals surface area contributed by atoms with Gasteiger partial charge < -0.3 is 9.64 Å². The highest BCUT2D eigenvalue weighted by atomic mass is 32.1. The zero-order valence-corrected chi connectivity index (χ0v) is 17.8. The molecule has 3 rings (SSSR count). The molecule has 6 heteroatoms. The first kappa shape index (κ1) is 20.3. The molecule has 5 nitrogen and oxygen atoms in total. The molecular formula is C22H27N3O2S. The molecule has 1 heterocycles. The minimum atomic E-state index is -0.0356. The monoisotopic (exact) mass is 397 g/mol. The number of fused-ring (bicyclic) bond motifs is 1. The second kappa shape index (κ2) is 9.17. The van der Waals surface area contributed by atoms with Gasteiger partial charge in [-0.3, -0.25) is 9.69 Å². The maximum Gasteiger partial charge on any atom is 0.260 e. The van der Waals surface area contributed by atoms with Gasteiger partial charge in [0.1, 0.15) is 5.75 Å². The number of anilines is 1. The van der Waals surface area contributed by atoms with E-state index in [2.05, 4.69) is 37.8 Å². The first-order valence-corrected chi connectivity index (χ1v) is 10.4. The lowest BCUT2D eigenvalue weighted by molar-refractivity contribution is 0.0983. The van der Waals surface area contributed by atoms with Crippen molar-refractivity contribution in [3.05, 3.63) is 53.6 Å². The third-order valence-electron chi connectivity index (χ3n) is 4.96. The topological polar surface area (TPSA) is 45.7 Å². The summed E-state index contributed by atoms with van der Waals surface area (Å²) >= 11 is 1.57. The van der Waals surface area contributed by atoms with Gasteiger partial charge in [-0.25, -0.2) is 4.98 Å². The number of rotatable bonds is 8. The molecule has 0 aliphatic carbocycles. The molecule has 0 aliphatic heterocycles. The van der Waals surface area contributed by atoms with Crippen LogP contribution in [0.4, 0.5) is 5.13 Å². The van der Waals surface area contributed by atoms with Crippen LogP contribution in [0.2, 0.25) is 0 Å². The molecule has 0 radical (unpaired) electrons. The Bertz CT molecular complexity index is 933. The SMILES string of the molecule is CCN(CC)CCN(C(=O)c1ccc(OC)cc1)c1nc2c(C)cccc2s1. The maximum atomic E-state index is 13.3. The van der Waals surface area contributed by atoms with Crippen molar-refractivity contribution in [1.82, 2.24) is 9.88 Å². The van der Waals surface area contributed by atoms with Gasteiger partial charge >= 0.3 is 0 Å².